The van der Waals surface area contributed by atoms with Crippen LogP contribution < -0.4 is 11.1 Å². The number of carbonyl (C=O) groups is 2. The van der Waals surface area contributed by atoms with Crippen LogP contribution in [0.15, 0.2) is 22.7 Å². The Balaban J connectivity index is 2.75. The molecule has 1 aromatic rings. The number of rotatable bonds is 4. The molecule has 18 heavy (non-hydrogen) atoms. The Morgan fingerprint density at radius 1 is 1.56 bits per heavy atom. The average Bonchev–Trinajstić information content (AvgIpc) is 2.33. The summed E-state index contributed by atoms with van der Waals surface area (Å²) in [6.45, 7) is 1.80. The third-order valence-electron chi connectivity index (χ3n) is 2.01. The van der Waals surface area contributed by atoms with Crippen molar-refractivity contribution in [3.63, 3.8) is 0 Å². The molecule has 1 amide bonds. The summed E-state index contributed by atoms with van der Waals surface area (Å²) in [6.07, 6.45) is 0. The number of anilines is 1. The monoisotopic (exact) mass is 334 g/mol. The number of amides is 1. The van der Waals surface area contributed by atoms with Gasteiger partial charge in [0.25, 0.3) is 5.91 Å². The third kappa shape index (κ3) is 3.97. The molecule has 1 rings (SSSR count). The first kappa shape index (κ1) is 14.9. The SMILES string of the molecule is CCOC(=O)C(N)C(=O)Nc1cc(Cl)ccc1Br. The number of hydrogen-bond donors (Lipinski definition) is 2. The van der Waals surface area contributed by atoms with E-state index >= 15 is 0 Å². The Bertz CT molecular complexity index is 468. The lowest BCUT2D eigenvalue weighted by Crippen LogP contribution is -2.43. The van der Waals surface area contributed by atoms with Crippen LogP contribution in [-0.4, -0.2) is 24.5 Å². The number of benzene rings is 1. The lowest BCUT2D eigenvalue weighted by molar-refractivity contribution is -0.146. The van der Waals surface area contributed by atoms with E-state index in [2.05, 4.69) is 26.0 Å². The molecule has 1 atom stereocenters. The van der Waals surface area contributed by atoms with E-state index in [4.69, 9.17) is 17.3 Å². The number of halogens is 2. The van der Waals surface area contributed by atoms with Gasteiger partial charge in [0, 0.05) is 9.50 Å². The van der Waals surface area contributed by atoms with Crippen molar-refractivity contribution in [1.82, 2.24) is 0 Å². The molecule has 0 saturated carbocycles. The summed E-state index contributed by atoms with van der Waals surface area (Å²) in [5.74, 6) is -1.43. The van der Waals surface area contributed by atoms with E-state index in [-0.39, 0.29) is 6.61 Å². The fourth-order valence-electron chi connectivity index (χ4n) is 1.14. The highest BCUT2D eigenvalue weighted by molar-refractivity contribution is 9.10. The molecule has 0 aliphatic carbocycles. The fourth-order valence-corrected chi connectivity index (χ4v) is 1.66. The number of carbonyl (C=O) groups excluding carboxylic acids is 2. The number of nitrogens with one attached hydrogen (secondary N) is 1. The quantitative estimate of drug-likeness (QED) is 0.651. The van der Waals surface area contributed by atoms with Gasteiger partial charge in [-0.05, 0) is 41.1 Å². The van der Waals surface area contributed by atoms with Crippen LogP contribution in [0.3, 0.4) is 0 Å². The second-order valence-electron chi connectivity index (χ2n) is 3.34. The topological polar surface area (TPSA) is 81.4 Å². The standard InChI is InChI=1S/C11H12BrClN2O3/c1-2-18-11(17)9(14)10(16)15-8-5-6(13)3-4-7(8)12/h3-5,9H,2,14H2,1H3,(H,15,16). The zero-order valence-corrected chi connectivity index (χ0v) is 11.9. The van der Waals surface area contributed by atoms with Crippen molar-refractivity contribution in [2.45, 2.75) is 13.0 Å². The Kier molecular flexibility index (Phi) is 5.58. The lowest BCUT2D eigenvalue weighted by Gasteiger charge is -2.12. The zero-order valence-electron chi connectivity index (χ0n) is 9.57. The van der Waals surface area contributed by atoms with Crippen molar-refractivity contribution in [2.75, 3.05) is 11.9 Å². The smallest absolute Gasteiger partial charge is 0.332 e. The molecule has 0 aliphatic rings. The molecule has 0 radical (unpaired) electrons. The van der Waals surface area contributed by atoms with Crippen LogP contribution in [-0.2, 0) is 14.3 Å². The first-order valence-electron chi connectivity index (χ1n) is 5.13. The Labute approximate surface area is 118 Å². The maximum absolute atomic E-state index is 11.7. The van der Waals surface area contributed by atoms with Gasteiger partial charge in [0.1, 0.15) is 0 Å². The summed E-state index contributed by atoms with van der Waals surface area (Å²) in [5.41, 5.74) is 5.89. The van der Waals surface area contributed by atoms with Gasteiger partial charge in [-0.3, -0.25) is 4.79 Å². The van der Waals surface area contributed by atoms with Gasteiger partial charge in [0.2, 0.25) is 0 Å². The number of nitrogens with two attached hydrogens (primary N) is 1. The van der Waals surface area contributed by atoms with E-state index in [0.717, 1.165) is 0 Å². The number of hydrogen-bond acceptors (Lipinski definition) is 4. The minimum Gasteiger partial charge on any atom is -0.464 e. The first-order chi connectivity index (χ1) is 8.45. The van der Waals surface area contributed by atoms with Crippen LogP contribution in [0.4, 0.5) is 5.69 Å². The zero-order chi connectivity index (χ0) is 13.7. The second kappa shape index (κ2) is 6.72. The van der Waals surface area contributed by atoms with Gasteiger partial charge in [0.05, 0.1) is 12.3 Å². The molecule has 0 spiro atoms. The highest BCUT2D eigenvalue weighted by Gasteiger charge is 2.23. The lowest BCUT2D eigenvalue weighted by atomic mass is 10.2. The van der Waals surface area contributed by atoms with Crippen molar-refractivity contribution in [3.8, 4) is 0 Å². The maximum atomic E-state index is 11.7. The van der Waals surface area contributed by atoms with Crippen LogP contribution in [0.2, 0.25) is 5.02 Å². The van der Waals surface area contributed by atoms with E-state index in [9.17, 15) is 9.59 Å². The van der Waals surface area contributed by atoms with E-state index < -0.39 is 17.9 Å². The van der Waals surface area contributed by atoms with Gasteiger partial charge in [-0.1, -0.05) is 11.6 Å². The molecule has 0 bridgehead atoms. The molecule has 98 valence electrons. The molecule has 7 heteroatoms. The summed E-state index contributed by atoms with van der Waals surface area (Å²) in [7, 11) is 0. The van der Waals surface area contributed by atoms with Crippen molar-refractivity contribution in [2.24, 2.45) is 5.73 Å². The minimum atomic E-state index is -1.36. The van der Waals surface area contributed by atoms with Crippen molar-refractivity contribution in [3.05, 3.63) is 27.7 Å². The third-order valence-corrected chi connectivity index (χ3v) is 2.94. The summed E-state index contributed by atoms with van der Waals surface area (Å²) in [5, 5.41) is 2.95. The summed E-state index contributed by atoms with van der Waals surface area (Å²) in [4.78, 5) is 23.0. The summed E-state index contributed by atoms with van der Waals surface area (Å²) >= 11 is 9.04. The molecule has 0 aliphatic heterocycles. The van der Waals surface area contributed by atoms with Gasteiger partial charge in [-0.2, -0.15) is 0 Å². The molecule has 1 aromatic carbocycles. The largest absolute Gasteiger partial charge is 0.464 e. The van der Waals surface area contributed by atoms with E-state index in [1.807, 2.05) is 0 Å². The van der Waals surface area contributed by atoms with E-state index in [0.29, 0.717) is 15.2 Å². The van der Waals surface area contributed by atoms with Crippen LogP contribution in [0.1, 0.15) is 6.92 Å². The van der Waals surface area contributed by atoms with Crippen LogP contribution in [0.25, 0.3) is 0 Å². The van der Waals surface area contributed by atoms with Crippen molar-refractivity contribution < 1.29 is 14.3 Å². The van der Waals surface area contributed by atoms with Crippen molar-refractivity contribution in [1.29, 1.82) is 0 Å². The van der Waals surface area contributed by atoms with Crippen LogP contribution >= 0.6 is 27.5 Å². The minimum absolute atomic E-state index is 0.167. The Morgan fingerprint density at radius 3 is 2.83 bits per heavy atom. The normalized spacial score (nSPS) is 11.8. The van der Waals surface area contributed by atoms with Crippen molar-refractivity contribution >= 4 is 45.1 Å². The van der Waals surface area contributed by atoms with E-state index in [1.165, 1.54) is 0 Å². The van der Waals surface area contributed by atoms with Gasteiger partial charge in [-0.25, -0.2) is 4.79 Å². The molecule has 0 aromatic heterocycles. The molecular weight excluding hydrogens is 323 g/mol. The highest BCUT2D eigenvalue weighted by atomic mass is 79.9. The average molecular weight is 336 g/mol. The van der Waals surface area contributed by atoms with Crippen LogP contribution in [0, 0.1) is 0 Å². The van der Waals surface area contributed by atoms with Gasteiger partial charge < -0.3 is 15.8 Å². The number of ether oxygens (including phenoxy) is 1. The molecule has 0 fully saturated rings. The predicted octanol–water partition coefficient (Wildman–Crippen LogP) is 1.93. The second-order valence-corrected chi connectivity index (χ2v) is 4.63. The summed E-state index contributed by atoms with van der Waals surface area (Å²) < 4.78 is 5.29. The molecule has 1 unspecified atom stereocenters. The highest BCUT2D eigenvalue weighted by Crippen LogP contribution is 2.25. The Morgan fingerprint density at radius 2 is 2.22 bits per heavy atom. The molecule has 3 N–H and O–H groups in total. The molecular formula is C11H12BrClN2O3. The molecule has 5 nitrogen and oxygen atoms in total. The van der Waals surface area contributed by atoms with Gasteiger partial charge in [0.15, 0.2) is 6.04 Å². The summed E-state index contributed by atoms with van der Waals surface area (Å²) in [6, 6.07) is 3.51. The molecule has 0 heterocycles. The van der Waals surface area contributed by atoms with E-state index in [1.54, 1.807) is 25.1 Å². The van der Waals surface area contributed by atoms with Gasteiger partial charge in [-0.15, -0.1) is 0 Å². The fraction of sp³-hybridized carbons (Fsp3) is 0.273. The molecule has 0 saturated heterocycles. The Hall–Kier alpha value is -1.11. The predicted molar refractivity (Wildman–Crippen MR) is 72.4 cm³/mol. The maximum Gasteiger partial charge on any atom is 0.332 e. The van der Waals surface area contributed by atoms with Gasteiger partial charge >= 0.3 is 5.97 Å². The number of esters is 1. The van der Waals surface area contributed by atoms with Crippen LogP contribution in [0.5, 0.6) is 0 Å². The first-order valence-corrected chi connectivity index (χ1v) is 6.31.